The number of nitrogens with zero attached hydrogens (tertiary/aromatic N) is 1. The standard InChI is InChI=1S/C14H18FNO2/c15-13-3-1-2-11(8-13)4-5-14(18)16-7-6-12(9-16)10-17/h1-3,8,12,17H,4-7,9-10H2/t12-/m0/s1. The zero-order valence-electron chi connectivity index (χ0n) is 10.3. The van der Waals surface area contributed by atoms with Gasteiger partial charge in [0, 0.05) is 32.0 Å². The van der Waals surface area contributed by atoms with Crippen LogP contribution in [0.15, 0.2) is 24.3 Å². The number of likely N-dealkylation sites (tertiary alicyclic amines) is 1. The molecule has 0 unspecified atom stereocenters. The Balaban J connectivity index is 1.82. The van der Waals surface area contributed by atoms with E-state index in [0.29, 0.717) is 19.4 Å². The van der Waals surface area contributed by atoms with E-state index in [4.69, 9.17) is 5.11 Å². The highest BCUT2D eigenvalue weighted by molar-refractivity contribution is 5.76. The summed E-state index contributed by atoms with van der Waals surface area (Å²) in [5.74, 6) is 0.0554. The molecule has 1 aromatic rings. The zero-order valence-corrected chi connectivity index (χ0v) is 10.3. The van der Waals surface area contributed by atoms with Crippen LogP contribution in [0.4, 0.5) is 4.39 Å². The summed E-state index contributed by atoms with van der Waals surface area (Å²) in [6.07, 6.45) is 1.85. The number of hydrogen-bond donors (Lipinski definition) is 1. The van der Waals surface area contributed by atoms with Crippen molar-refractivity contribution in [3.8, 4) is 0 Å². The lowest BCUT2D eigenvalue weighted by Gasteiger charge is -2.16. The molecule has 1 N–H and O–H groups in total. The van der Waals surface area contributed by atoms with Crippen molar-refractivity contribution in [1.29, 1.82) is 0 Å². The Kier molecular flexibility index (Phi) is 4.31. The summed E-state index contributed by atoms with van der Waals surface area (Å²) in [5, 5.41) is 9.02. The van der Waals surface area contributed by atoms with Gasteiger partial charge in [0.15, 0.2) is 0 Å². The molecule has 1 atom stereocenters. The first-order valence-electron chi connectivity index (χ1n) is 6.32. The quantitative estimate of drug-likeness (QED) is 0.883. The van der Waals surface area contributed by atoms with Gasteiger partial charge in [-0.2, -0.15) is 0 Å². The number of carbonyl (C=O) groups excluding carboxylic acids is 1. The summed E-state index contributed by atoms with van der Waals surface area (Å²) in [4.78, 5) is 13.7. The molecule has 1 amide bonds. The molecular weight excluding hydrogens is 233 g/mol. The predicted molar refractivity (Wildman–Crippen MR) is 66.5 cm³/mol. The van der Waals surface area contributed by atoms with Gasteiger partial charge in [0.2, 0.25) is 5.91 Å². The fraction of sp³-hybridized carbons (Fsp3) is 0.500. The minimum Gasteiger partial charge on any atom is -0.396 e. The van der Waals surface area contributed by atoms with E-state index in [1.165, 1.54) is 12.1 Å². The highest BCUT2D eigenvalue weighted by Crippen LogP contribution is 2.17. The monoisotopic (exact) mass is 251 g/mol. The van der Waals surface area contributed by atoms with Gasteiger partial charge in [-0.15, -0.1) is 0 Å². The van der Waals surface area contributed by atoms with Crippen LogP contribution < -0.4 is 0 Å². The van der Waals surface area contributed by atoms with E-state index >= 15 is 0 Å². The molecule has 1 heterocycles. The largest absolute Gasteiger partial charge is 0.396 e. The van der Waals surface area contributed by atoms with Crippen LogP contribution in [0.3, 0.4) is 0 Å². The van der Waals surface area contributed by atoms with Gasteiger partial charge in [-0.3, -0.25) is 4.79 Å². The lowest BCUT2D eigenvalue weighted by atomic mass is 10.1. The minimum atomic E-state index is -0.263. The van der Waals surface area contributed by atoms with E-state index in [1.807, 2.05) is 6.07 Å². The van der Waals surface area contributed by atoms with Gasteiger partial charge in [0.1, 0.15) is 5.82 Å². The van der Waals surface area contributed by atoms with Crippen LogP contribution in [0, 0.1) is 11.7 Å². The first-order chi connectivity index (χ1) is 8.69. The van der Waals surface area contributed by atoms with Crippen molar-refractivity contribution in [2.24, 2.45) is 5.92 Å². The maximum atomic E-state index is 13.0. The van der Waals surface area contributed by atoms with E-state index in [9.17, 15) is 9.18 Å². The summed E-state index contributed by atoms with van der Waals surface area (Å²) in [6.45, 7) is 1.53. The summed E-state index contributed by atoms with van der Waals surface area (Å²) in [5.41, 5.74) is 0.848. The summed E-state index contributed by atoms with van der Waals surface area (Å²) >= 11 is 0. The van der Waals surface area contributed by atoms with Gasteiger partial charge in [-0.05, 0) is 30.5 Å². The van der Waals surface area contributed by atoms with Gasteiger partial charge in [0.25, 0.3) is 0 Å². The molecular formula is C14H18FNO2. The number of carbonyl (C=O) groups is 1. The molecule has 1 fully saturated rings. The molecule has 0 saturated carbocycles. The van der Waals surface area contributed by atoms with E-state index in [2.05, 4.69) is 0 Å². The number of aryl methyl sites for hydroxylation is 1. The van der Waals surface area contributed by atoms with Gasteiger partial charge < -0.3 is 10.0 Å². The molecule has 0 aromatic heterocycles. The van der Waals surface area contributed by atoms with Crippen molar-refractivity contribution in [3.63, 3.8) is 0 Å². The Morgan fingerprint density at radius 1 is 1.50 bits per heavy atom. The number of aliphatic hydroxyl groups is 1. The Morgan fingerprint density at radius 2 is 2.33 bits per heavy atom. The average molecular weight is 251 g/mol. The van der Waals surface area contributed by atoms with E-state index in [0.717, 1.165) is 18.5 Å². The van der Waals surface area contributed by atoms with Crippen molar-refractivity contribution in [1.82, 2.24) is 4.90 Å². The van der Waals surface area contributed by atoms with Crippen molar-refractivity contribution >= 4 is 5.91 Å². The normalized spacial score (nSPS) is 19.2. The second-order valence-corrected chi connectivity index (χ2v) is 4.81. The van der Waals surface area contributed by atoms with Crippen molar-refractivity contribution in [3.05, 3.63) is 35.6 Å². The maximum absolute atomic E-state index is 13.0. The highest BCUT2D eigenvalue weighted by Gasteiger charge is 2.25. The van der Waals surface area contributed by atoms with Gasteiger partial charge >= 0.3 is 0 Å². The summed E-state index contributed by atoms with van der Waals surface area (Å²) < 4.78 is 13.0. The maximum Gasteiger partial charge on any atom is 0.222 e. The molecule has 3 nitrogen and oxygen atoms in total. The van der Waals surface area contributed by atoms with Crippen LogP contribution in [0.25, 0.3) is 0 Å². The lowest BCUT2D eigenvalue weighted by molar-refractivity contribution is -0.130. The second kappa shape index (κ2) is 5.96. The third-order valence-corrected chi connectivity index (χ3v) is 3.41. The number of benzene rings is 1. The molecule has 2 rings (SSSR count). The number of halogens is 1. The minimum absolute atomic E-state index is 0.0928. The Morgan fingerprint density at radius 3 is 3.00 bits per heavy atom. The first-order valence-corrected chi connectivity index (χ1v) is 6.32. The third kappa shape index (κ3) is 3.29. The molecule has 4 heteroatoms. The molecule has 1 aromatic carbocycles. The summed E-state index contributed by atoms with van der Waals surface area (Å²) in [6, 6.07) is 6.36. The average Bonchev–Trinajstić information content (AvgIpc) is 2.85. The molecule has 1 aliphatic rings. The molecule has 1 saturated heterocycles. The molecule has 0 aliphatic carbocycles. The molecule has 98 valence electrons. The number of aliphatic hydroxyl groups excluding tert-OH is 1. The molecule has 1 aliphatic heterocycles. The SMILES string of the molecule is O=C(CCc1cccc(F)c1)N1CC[C@H](CO)C1. The fourth-order valence-corrected chi connectivity index (χ4v) is 2.31. The molecule has 0 bridgehead atoms. The van der Waals surface area contributed by atoms with Crippen LogP contribution in [0.2, 0.25) is 0 Å². The van der Waals surface area contributed by atoms with Crippen LogP contribution in [-0.2, 0) is 11.2 Å². The second-order valence-electron chi connectivity index (χ2n) is 4.81. The topological polar surface area (TPSA) is 40.5 Å². The van der Waals surface area contributed by atoms with E-state index < -0.39 is 0 Å². The van der Waals surface area contributed by atoms with Crippen LogP contribution in [0.5, 0.6) is 0 Å². The van der Waals surface area contributed by atoms with Crippen LogP contribution in [-0.4, -0.2) is 35.6 Å². The lowest BCUT2D eigenvalue weighted by Crippen LogP contribution is -2.29. The molecule has 18 heavy (non-hydrogen) atoms. The molecule has 0 spiro atoms. The van der Waals surface area contributed by atoms with Gasteiger partial charge in [-0.25, -0.2) is 4.39 Å². The summed E-state index contributed by atoms with van der Waals surface area (Å²) in [7, 11) is 0. The molecule has 0 radical (unpaired) electrons. The smallest absolute Gasteiger partial charge is 0.222 e. The highest BCUT2D eigenvalue weighted by atomic mass is 19.1. The zero-order chi connectivity index (χ0) is 13.0. The van der Waals surface area contributed by atoms with Crippen molar-refractivity contribution < 1.29 is 14.3 Å². The van der Waals surface area contributed by atoms with Crippen molar-refractivity contribution in [2.75, 3.05) is 19.7 Å². The number of hydrogen-bond acceptors (Lipinski definition) is 2. The van der Waals surface area contributed by atoms with Gasteiger partial charge in [-0.1, -0.05) is 12.1 Å². The number of rotatable bonds is 4. The van der Waals surface area contributed by atoms with Crippen LogP contribution >= 0.6 is 0 Å². The third-order valence-electron chi connectivity index (χ3n) is 3.41. The first kappa shape index (κ1) is 13.0. The van der Waals surface area contributed by atoms with E-state index in [-0.39, 0.29) is 24.2 Å². The Hall–Kier alpha value is -1.42. The van der Waals surface area contributed by atoms with Crippen LogP contribution in [0.1, 0.15) is 18.4 Å². The Bertz CT molecular complexity index is 422. The van der Waals surface area contributed by atoms with Gasteiger partial charge in [0.05, 0.1) is 0 Å². The van der Waals surface area contributed by atoms with Crippen molar-refractivity contribution in [2.45, 2.75) is 19.3 Å². The fourth-order valence-electron chi connectivity index (χ4n) is 2.31. The predicted octanol–water partition coefficient (Wildman–Crippen LogP) is 1.60. The van der Waals surface area contributed by atoms with E-state index in [1.54, 1.807) is 11.0 Å². The Labute approximate surface area is 106 Å². The number of amides is 1.